The zero-order valence-corrected chi connectivity index (χ0v) is 9.77. The third-order valence-electron chi connectivity index (χ3n) is 1.39. The van der Waals surface area contributed by atoms with Crippen LogP contribution in [0.4, 0.5) is 0 Å². The Balaban J connectivity index is 0.00000144. The molecular formula is C6H6N2NaO3S. The molecule has 0 aliphatic heterocycles. The van der Waals surface area contributed by atoms with Crippen molar-refractivity contribution in [2.45, 2.75) is 5.25 Å². The standard InChI is InChI=1S/C6H6N2O3S.Na/c7-8-5-3-1-2-4-6(5)12(9,10)11;/h1-4,6H,(H,9,10,11);. The smallest absolute Gasteiger partial charge is 0.316 e. The van der Waals surface area contributed by atoms with Crippen LogP contribution in [0.3, 0.4) is 0 Å². The second-order valence-electron chi connectivity index (χ2n) is 2.20. The summed E-state index contributed by atoms with van der Waals surface area (Å²) in [6.45, 7) is 0. The maximum atomic E-state index is 10.6. The minimum absolute atomic E-state index is 0. The predicted molar refractivity (Wildman–Crippen MR) is 48.0 cm³/mol. The van der Waals surface area contributed by atoms with Crippen molar-refractivity contribution in [1.82, 2.24) is 0 Å². The van der Waals surface area contributed by atoms with Gasteiger partial charge >= 0.3 is 5.71 Å². The fraction of sp³-hybridized carbons (Fsp3) is 0.167. The monoisotopic (exact) mass is 209 g/mol. The number of nitrogens with zero attached hydrogens (tertiary/aromatic N) is 2. The molecule has 0 saturated heterocycles. The van der Waals surface area contributed by atoms with E-state index in [4.69, 9.17) is 10.1 Å². The van der Waals surface area contributed by atoms with E-state index in [2.05, 4.69) is 4.79 Å². The molecule has 0 aromatic carbocycles. The van der Waals surface area contributed by atoms with Crippen LogP contribution < -0.4 is 0 Å². The van der Waals surface area contributed by atoms with Gasteiger partial charge in [0.2, 0.25) is 5.25 Å². The first-order valence-corrected chi connectivity index (χ1v) is 4.59. The number of hydrogen-bond acceptors (Lipinski definition) is 2. The molecule has 0 heterocycles. The molecule has 0 aromatic rings. The zero-order chi connectivity index (χ0) is 9.19. The summed E-state index contributed by atoms with van der Waals surface area (Å²) in [7, 11) is -4.22. The topological polar surface area (TPSA) is 90.8 Å². The van der Waals surface area contributed by atoms with E-state index in [1.807, 2.05) is 0 Å². The third kappa shape index (κ3) is 3.19. The Morgan fingerprint density at radius 2 is 2.08 bits per heavy atom. The van der Waals surface area contributed by atoms with Gasteiger partial charge in [-0.25, -0.2) is 0 Å². The summed E-state index contributed by atoms with van der Waals surface area (Å²) in [4.78, 5) is 2.73. The maximum absolute atomic E-state index is 10.6. The SMILES string of the molecule is [N-]=[N+]=C1C=CC=CC1S(=O)(=O)O.[Na]. The van der Waals surface area contributed by atoms with Crippen molar-refractivity contribution in [2.75, 3.05) is 0 Å². The Bertz CT molecular complexity index is 392. The van der Waals surface area contributed by atoms with Crippen LogP contribution in [0, 0.1) is 0 Å². The first-order valence-electron chi connectivity index (χ1n) is 3.09. The summed E-state index contributed by atoms with van der Waals surface area (Å²) in [5, 5.41) is -1.26. The second kappa shape index (κ2) is 4.85. The first kappa shape index (κ1) is 12.8. The number of allylic oxidation sites excluding steroid dienone is 3. The molecule has 0 saturated carbocycles. The van der Waals surface area contributed by atoms with Gasteiger partial charge in [-0.3, -0.25) is 4.55 Å². The summed E-state index contributed by atoms with van der Waals surface area (Å²) < 4.78 is 29.9. The van der Waals surface area contributed by atoms with E-state index in [0.29, 0.717) is 0 Å². The van der Waals surface area contributed by atoms with Crippen LogP contribution in [0.5, 0.6) is 0 Å². The summed E-state index contributed by atoms with van der Waals surface area (Å²) in [6, 6.07) is 0. The number of rotatable bonds is 1. The third-order valence-corrected chi connectivity index (χ3v) is 2.43. The molecule has 13 heavy (non-hydrogen) atoms. The van der Waals surface area contributed by atoms with Gasteiger partial charge in [0, 0.05) is 35.6 Å². The molecule has 1 aliphatic carbocycles. The quantitative estimate of drug-likeness (QED) is 0.277. The van der Waals surface area contributed by atoms with Gasteiger partial charge in [0.15, 0.2) is 0 Å². The van der Waals surface area contributed by atoms with E-state index >= 15 is 0 Å². The minimum atomic E-state index is -4.22. The molecule has 5 nitrogen and oxygen atoms in total. The van der Waals surface area contributed by atoms with Gasteiger partial charge in [-0.2, -0.15) is 13.2 Å². The Morgan fingerprint density at radius 1 is 1.46 bits per heavy atom. The van der Waals surface area contributed by atoms with E-state index in [1.165, 1.54) is 24.3 Å². The zero-order valence-electron chi connectivity index (χ0n) is 6.95. The van der Waals surface area contributed by atoms with Crippen molar-refractivity contribution >= 4 is 45.4 Å². The normalized spacial score (nSPS) is 20.7. The second-order valence-corrected chi connectivity index (χ2v) is 3.74. The van der Waals surface area contributed by atoms with Gasteiger partial charge in [-0.15, -0.1) is 0 Å². The molecule has 65 valence electrons. The summed E-state index contributed by atoms with van der Waals surface area (Å²) in [6.07, 6.45) is 5.49. The molecule has 0 spiro atoms. The largest absolute Gasteiger partial charge is 0.361 e. The van der Waals surface area contributed by atoms with E-state index in [-0.39, 0.29) is 35.3 Å². The summed E-state index contributed by atoms with van der Waals surface area (Å²) in [5.74, 6) is 0. The molecule has 0 amide bonds. The molecule has 1 unspecified atom stereocenters. The maximum Gasteiger partial charge on any atom is 0.316 e. The van der Waals surface area contributed by atoms with Crippen molar-refractivity contribution in [3.8, 4) is 0 Å². The molecule has 0 bridgehead atoms. The molecule has 0 aromatic heterocycles. The predicted octanol–water partition coefficient (Wildman–Crippen LogP) is -0.341. The van der Waals surface area contributed by atoms with Crippen LogP contribution in [0.25, 0.3) is 5.53 Å². The molecule has 7 heteroatoms. The molecule has 1 aliphatic rings. The van der Waals surface area contributed by atoms with Crippen LogP contribution in [-0.2, 0) is 10.1 Å². The molecular weight excluding hydrogens is 203 g/mol. The molecule has 1 radical (unpaired) electrons. The Kier molecular flexibility index (Phi) is 4.77. The van der Waals surface area contributed by atoms with E-state index in [1.54, 1.807) is 0 Å². The van der Waals surface area contributed by atoms with Crippen molar-refractivity contribution < 1.29 is 17.8 Å². The molecule has 1 N–H and O–H groups in total. The van der Waals surface area contributed by atoms with Gasteiger partial charge in [0.25, 0.3) is 10.1 Å². The molecule has 0 fully saturated rings. The van der Waals surface area contributed by atoms with Crippen molar-refractivity contribution in [2.24, 2.45) is 0 Å². The van der Waals surface area contributed by atoms with Gasteiger partial charge in [-0.1, -0.05) is 18.2 Å². The average molecular weight is 209 g/mol. The van der Waals surface area contributed by atoms with E-state index in [0.717, 1.165) is 0 Å². The fourth-order valence-corrected chi connectivity index (χ4v) is 1.57. The van der Waals surface area contributed by atoms with Crippen LogP contribution in [0.15, 0.2) is 24.3 Å². The van der Waals surface area contributed by atoms with Crippen LogP contribution in [0.1, 0.15) is 0 Å². The van der Waals surface area contributed by atoms with Gasteiger partial charge in [0.1, 0.15) is 0 Å². The van der Waals surface area contributed by atoms with Crippen molar-refractivity contribution in [3.05, 3.63) is 29.8 Å². The van der Waals surface area contributed by atoms with Gasteiger partial charge in [0.05, 0.1) is 0 Å². The minimum Gasteiger partial charge on any atom is -0.361 e. The first-order chi connectivity index (χ1) is 5.55. The summed E-state index contributed by atoms with van der Waals surface area (Å²) in [5.41, 5.74) is 8.25. The molecule has 1 rings (SSSR count). The Hall–Kier alpha value is -0.230. The van der Waals surface area contributed by atoms with E-state index < -0.39 is 15.4 Å². The Morgan fingerprint density at radius 3 is 2.46 bits per heavy atom. The van der Waals surface area contributed by atoms with Gasteiger partial charge < -0.3 is 5.53 Å². The van der Waals surface area contributed by atoms with Crippen molar-refractivity contribution in [1.29, 1.82) is 0 Å². The number of hydrogen-bond donors (Lipinski definition) is 1. The average Bonchev–Trinajstić information content (AvgIpc) is 2.03. The van der Waals surface area contributed by atoms with Crippen LogP contribution in [-0.4, -0.2) is 58.3 Å². The van der Waals surface area contributed by atoms with Gasteiger partial charge in [-0.05, 0) is 0 Å². The van der Waals surface area contributed by atoms with Crippen LogP contribution >= 0.6 is 0 Å². The fourth-order valence-electron chi connectivity index (χ4n) is 0.855. The van der Waals surface area contributed by atoms with E-state index in [9.17, 15) is 8.42 Å². The van der Waals surface area contributed by atoms with Crippen molar-refractivity contribution in [3.63, 3.8) is 0 Å². The molecule has 1 atom stereocenters. The summed E-state index contributed by atoms with van der Waals surface area (Å²) >= 11 is 0. The van der Waals surface area contributed by atoms with Crippen LogP contribution in [0.2, 0.25) is 0 Å². The Labute approximate surface area is 97.8 Å².